The second-order valence-corrected chi connectivity index (χ2v) is 6.64. The van der Waals surface area contributed by atoms with Gasteiger partial charge in [0.05, 0.1) is 27.3 Å². The highest BCUT2D eigenvalue weighted by Gasteiger charge is 2.11. The Morgan fingerprint density at radius 1 is 1.26 bits per heavy atom. The Balaban J connectivity index is 0.00000364. The molecule has 0 radical (unpaired) electrons. The summed E-state index contributed by atoms with van der Waals surface area (Å²) in [7, 11) is 3.30. The lowest BCUT2D eigenvalue weighted by molar-refractivity contribution is 0.352. The van der Waals surface area contributed by atoms with Gasteiger partial charge in [-0.3, -0.25) is 0 Å². The molecule has 1 heterocycles. The summed E-state index contributed by atoms with van der Waals surface area (Å²) in [5, 5.41) is 8.71. The number of nitrogens with zero attached hydrogens (tertiary/aromatic N) is 1. The van der Waals surface area contributed by atoms with Crippen LogP contribution in [0.25, 0.3) is 0 Å². The summed E-state index contributed by atoms with van der Waals surface area (Å²) in [6.45, 7) is 7.99. The molecule has 0 spiro atoms. The smallest absolute Gasteiger partial charge is 0.191 e. The largest absolute Gasteiger partial charge is 0.493 e. The van der Waals surface area contributed by atoms with Crippen LogP contribution in [0.15, 0.2) is 47.3 Å². The number of hydrogen-bond donors (Lipinski definition) is 2. The second kappa shape index (κ2) is 12.6. The molecule has 0 unspecified atom stereocenters. The van der Waals surface area contributed by atoms with Gasteiger partial charge in [0.25, 0.3) is 0 Å². The molecule has 2 rings (SSSR count). The Morgan fingerprint density at radius 2 is 2.07 bits per heavy atom. The van der Waals surface area contributed by atoms with Crippen molar-refractivity contribution in [1.29, 1.82) is 0 Å². The topological polar surface area (TPSA) is 54.9 Å². The molecule has 1 aromatic heterocycles. The van der Waals surface area contributed by atoms with Crippen LogP contribution in [-0.4, -0.2) is 26.7 Å². The molecule has 0 saturated heterocycles. The van der Waals surface area contributed by atoms with Crippen LogP contribution in [0.4, 0.5) is 0 Å². The maximum atomic E-state index is 5.49. The zero-order valence-electron chi connectivity index (χ0n) is 16.1. The first-order valence-electron chi connectivity index (χ1n) is 8.61. The monoisotopic (exact) mass is 501 g/mol. The van der Waals surface area contributed by atoms with Crippen LogP contribution >= 0.6 is 35.3 Å². The van der Waals surface area contributed by atoms with Crippen molar-refractivity contribution in [1.82, 2.24) is 10.6 Å². The number of benzene rings is 1. The quantitative estimate of drug-likeness (QED) is 0.232. The average Bonchev–Trinajstić information content (AvgIpc) is 3.17. The van der Waals surface area contributed by atoms with Gasteiger partial charge in [-0.2, -0.15) is 0 Å². The third-order valence-electron chi connectivity index (χ3n) is 3.75. The molecule has 0 aliphatic rings. The van der Waals surface area contributed by atoms with Crippen LogP contribution in [0.2, 0.25) is 0 Å². The van der Waals surface area contributed by atoms with Gasteiger partial charge in [0, 0.05) is 17.0 Å². The molecule has 1 aromatic carbocycles. The zero-order valence-corrected chi connectivity index (χ0v) is 19.2. The number of halogens is 1. The lowest BCUT2D eigenvalue weighted by Crippen LogP contribution is -2.36. The number of guanidine groups is 1. The van der Waals surface area contributed by atoms with E-state index in [9.17, 15) is 0 Å². The molecule has 27 heavy (non-hydrogen) atoms. The maximum absolute atomic E-state index is 5.49. The lowest BCUT2D eigenvalue weighted by atomic mass is 10.1. The summed E-state index contributed by atoms with van der Waals surface area (Å²) >= 11 is 1.73. The minimum atomic E-state index is 0. The molecule has 148 valence electrons. The zero-order chi connectivity index (χ0) is 18.8. The molecule has 0 bridgehead atoms. The fourth-order valence-corrected chi connectivity index (χ4v) is 3.25. The van der Waals surface area contributed by atoms with Gasteiger partial charge in [-0.05, 0) is 42.5 Å². The highest BCUT2D eigenvalue weighted by Crippen LogP contribution is 2.33. The first-order chi connectivity index (χ1) is 12.7. The lowest BCUT2D eigenvalue weighted by Gasteiger charge is -2.14. The number of ether oxygens (including phenoxy) is 2. The molecule has 0 aliphatic carbocycles. The van der Waals surface area contributed by atoms with Gasteiger partial charge in [0.2, 0.25) is 0 Å². The highest BCUT2D eigenvalue weighted by molar-refractivity contribution is 14.0. The molecule has 7 heteroatoms. The van der Waals surface area contributed by atoms with Crippen molar-refractivity contribution in [2.75, 3.05) is 20.8 Å². The van der Waals surface area contributed by atoms with Crippen LogP contribution < -0.4 is 20.1 Å². The number of methoxy groups -OCH3 is 2. The number of aliphatic imine (C=N–C) groups is 1. The van der Waals surface area contributed by atoms with Gasteiger partial charge in [0.15, 0.2) is 17.5 Å². The van der Waals surface area contributed by atoms with Gasteiger partial charge in [-0.25, -0.2) is 4.99 Å². The third-order valence-corrected chi connectivity index (χ3v) is 4.63. The standard InChI is InChI=1S/C20H27N3O2S.HI/c1-5-8-16-11-15(12-18(24-3)19(16)25-4)13-22-20(21-6-2)23-14-17-9-7-10-26-17;/h5,7,9-12H,1,6,8,13-14H2,2-4H3,(H2,21,22,23);1H. The maximum Gasteiger partial charge on any atom is 0.191 e. The van der Waals surface area contributed by atoms with E-state index < -0.39 is 0 Å². The SMILES string of the molecule is C=CCc1cc(CN=C(NCC)NCc2cccs2)cc(OC)c1OC.I. The Hall–Kier alpha value is -1.74. The van der Waals surface area contributed by atoms with E-state index in [1.54, 1.807) is 25.6 Å². The van der Waals surface area contributed by atoms with Crippen molar-refractivity contribution in [3.05, 3.63) is 58.3 Å². The van der Waals surface area contributed by atoms with E-state index in [4.69, 9.17) is 14.5 Å². The van der Waals surface area contributed by atoms with Crippen molar-refractivity contribution in [3.63, 3.8) is 0 Å². The Morgan fingerprint density at radius 3 is 2.67 bits per heavy atom. The van der Waals surface area contributed by atoms with Crippen LogP contribution in [0.1, 0.15) is 22.9 Å². The van der Waals surface area contributed by atoms with Crippen molar-refractivity contribution < 1.29 is 9.47 Å². The summed E-state index contributed by atoms with van der Waals surface area (Å²) in [6.07, 6.45) is 2.57. The van der Waals surface area contributed by atoms with Crippen molar-refractivity contribution >= 4 is 41.3 Å². The summed E-state index contributed by atoms with van der Waals surface area (Å²) in [5.74, 6) is 2.26. The first-order valence-corrected chi connectivity index (χ1v) is 9.49. The average molecular weight is 501 g/mol. The predicted molar refractivity (Wildman–Crippen MR) is 125 cm³/mol. The fourth-order valence-electron chi connectivity index (χ4n) is 2.60. The normalized spacial score (nSPS) is 10.7. The number of hydrogen-bond acceptors (Lipinski definition) is 4. The van der Waals surface area contributed by atoms with Crippen molar-refractivity contribution in [2.45, 2.75) is 26.4 Å². The van der Waals surface area contributed by atoms with E-state index in [1.807, 2.05) is 12.1 Å². The third kappa shape index (κ3) is 7.06. The number of allylic oxidation sites excluding steroid dienone is 1. The molecule has 0 atom stereocenters. The van der Waals surface area contributed by atoms with E-state index in [2.05, 4.69) is 47.7 Å². The van der Waals surface area contributed by atoms with E-state index in [-0.39, 0.29) is 24.0 Å². The van der Waals surface area contributed by atoms with Gasteiger partial charge in [0.1, 0.15) is 0 Å². The molecule has 2 aromatic rings. The summed E-state index contributed by atoms with van der Waals surface area (Å²) < 4.78 is 11.0. The Kier molecular flexibility index (Phi) is 10.9. The molecular formula is C20H28IN3O2S. The highest BCUT2D eigenvalue weighted by atomic mass is 127. The Bertz CT molecular complexity index is 733. The second-order valence-electron chi connectivity index (χ2n) is 5.61. The van der Waals surface area contributed by atoms with E-state index in [0.29, 0.717) is 18.7 Å². The van der Waals surface area contributed by atoms with Crippen LogP contribution in [0.5, 0.6) is 11.5 Å². The van der Waals surface area contributed by atoms with Crippen LogP contribution in [0, 0.1) is 0 Å². The van der Waals surface area contributed by atoms with E-state index >= 15 is 0 Å². The summed E-state index contributed by atoms with van der Waals surface area (Å²) in [4.78, 5) is 5.97. The van der Waals surface area contributed by atoms with Gasteiger partial charge in [-0.1, -0.05) is 12.1 Å². The molecule has 5 nitrogen and oxygen atoms in total. The minimum Gasteiger partial charge on any atom is -0.493 e. The fraction of sp³-hybridized carbons (Fsp3) is 0.350. The van der Waals surface area contributed by atoms with E-state index in [1.165, 1.54) is 4.88 Å². The molecule has 0 fully saturated rings. The summed E-state index contributed by atoms with van der Waals surface area (Å²) in [6, 6.07) is 8.22. The first kappa shape index (κ1) is 23.3. The molecular weight excluding hydrogens is 473 g/mol. The molecule has 2 N–H and O–H groups in total. The van der Waals surface area contributed by atoms with Crippen molar-refractivity contribution in [3.8, 4) is 11.5 Å². The van der Waals surface area contributed by atoms with Crippen LogP contribution in [-0.2, 0) is 19.5 Å². The molecule has 0 aliphatic heterocycles. The van der Waals surface area contributed by atoms with Gasteiger partial charge < -0.3 is 20.1 Å². The number of nitrogens with one attached hydrogen (secondary N) is 2. The number of thiophene rings is 1. The summed E-state index contributed by atoms with van der Waals surface area (Å²) in [5.41, 5.74) is 2.11. The number of rotatable bonds is 9. The molecule has 0 amide bonds. The Labute approximate surface area is 182 Å². The minimum absolute atomic E-state index is 0. The molecule has 0 saturated carbocycles. The van der Waals surface area contributed by atoms with Crippen molar-refractivity contribution in [2.24, 2.45) is 4.99 Å². The van der Waals surface area contributed by atoms with E-state index in [0.717, 1.165) is 35.9 Å². The van der Waals surface area contributed by atoms with Crippen LogP contribution in [0.3, 0.4) is 0 Å². The van der Waals surface area contributed by atoms with Gasteiger partial charge >= 0.3 is 0 Å². The predicted octanol–water partition coefficient (Wildman–Crippen LogP) is 4.37. The van der Waals surface area contributed by atoms with Gasteiger partial charge in [-0.15, -0.1) is 41.9 Å².